The second-order valence-corrected chi connectivity index (χ2v) is 6.12. The Balaban J connectivity index is 2.72. The normalized spacial score (nSPS) is 11.7. The van der Waals surface area contributed by atoms with Crippen LogP contribution in [-0.2, 0) is 11.3 Å². The van der Waals surface area contributed by atoms with E-state index in [1.807, 2.05) is 13.8 Å². The van der Waals surface area contributed by atoms with E-state index in [0.29, 0.717) is 6.54 Å². The number of likely N-dealkylation sites (N-methyl/N-ethyl adjacent to an activating group) is 1. The van der Waals surface area contributed by atoms with Gasteiger partial charge in [0.15, 0.2) is 0 Å². The first-order valence-electron chi connectivity index (χ1n) is 7.64. The summed E-state index contributed by atoms with van der Waals surface area (Å²) in [6, 6.07) is 6.51. The van der Waals surface area contributed by atoms with Crippen molar-refractivity contribution >= 4 is 5.69 Å². The molecule has 1 aromatic rings. The van der Waals surface area contributed by atoms with Crippen molar-refractivity contribution < 1.29 is 9.84 Å². The van der Waals surface area contributed by atoms with Crippen molar-refractivity contribution in [3.63, 3.8) is 0 Å². The molecule has 0 unspecified atom stereocenters. The Morgan fingerprint density at radius 1 is 1.33 bits per heavy atom. The first-order valence-corrected chi connectivity index (χ1v) is 7.64. The van der Waals surface area contributed by atoms with Gasteiger partial charge in [0.05, 0.1) is 12.2 Å². The van der Waals surface area contributed by atoms with Gasteiger partial charge >= 0.3 is 0 Å². The van der Waals surface area contributed by atoms with Crippen molar-refractivity contribution in [3.8, 4) is 0 Å². The topological polar surface area (TPSA) is 44.7 Å². The van der Waals surface area contributed by atoms with E-state index in [0.717, 1.165) is 26.2 Å². The second kappa shape index (κ2) is 8.37. The minimum absolute atomic E-state index is 0.635. The molecule has 1 aromatic carbocycles. The van der Waals surface area contributed by atoms with Crippen molar-refractivity contribution in [2.45, 2.75) is 39.8 Å². The summed E-state index contributed by atoms with van der Waals surface area (Å²) >= 11 is 0. The molecule has 0 aromatic heterocycles. The van der Waals surface area contributed by atoms with Crippen LogP contribution >= 0.6 is 0 Å². The van der Waals surface area contributed by atoms with E-state index in [9.17, 15) is 5.11 Å². The molecule has 0 aliphatic rings. The maximum Gasteiger partial charge on any atom is 0.0765 e. The van der Waals surface area contributed by atoms with Crippen LogP contribution in [0.1, 0.15) is 31.9 Å². The fourth-order valence-electron chi connectivity index (χ4n) is 2.42. The van der Waals surface area contributed by atoms with E-state index >= 15 is 0 Å². The van der Waals surface area contributed by atoms with E-state index in [1.165, 1.54) is 16.8 Å². The van der Waals surface area contributed by atoms with E-state index < -0.39 is 5.60 Å². The highest BCUT2D eigenvalue weighted by molar-refractivity contribution is 5.54. The third-order valence-electron chi connectivity index (χ3n) is 3.37. The van der Waals surface area contributed by atoms with Crippen LogP contribution in [0.3, 0.4) is 0 Å². The first kappa shape index (κ1) is 18.0. The van der Waals surface area contributed by atoms with E-state index in [2.05, 4.69) is 42.3 Å². The Bertz CT molecular complexity index is 427. The Morgan fingerprint density at radius 2 is 2.05 bits per heavy atom. The summed E-state index contributed by atoms with van der Waals surface area (Å²) in [5, 5.41) is 13.4. The van der Waals surface area contributed by atoms with Crippen LogP contribution in [0.2, 0.25) is 0 Å². The third kappa shape index (κ3) is 6.46. The van der Waals surface area contributed by atoms with Gasteiger partial charge in [-0.1, -0.05) is 12.1 Å². The van der Waals surface area contributed by atoms with Gasteiger partial charge in [-0.05, 0) is 44.9 Å². The summed E-state index contributed by atoms with van der Waals surface area (Å²) in [5.74, 6) is 0. The summed E-state index contributed by atoms with van der Waals surface area (Å²) in [4.78, 5) is 2.22. The number of methoxy groups -OCH3 is 1. The van der Waals surface area contributed by atoms with Crippen LogP contribution in [0.15, 0.2) is 18.2 Å². The molecule has 21 heavy (non-hydrogen) atoms. The fourth-order valence-corrected chi connectivity index (χ4v) is 2.42. The van der Waals surface area contributed by atoms with Crippen LogP contribution in [0.5, 0.6) is 0 Å². The molecule has 0 saturated heterocycles. The molecule has 0 heterocycles. The number of anilines is 1. The number of ether oxygens (including phenoxy) is 1. The monoisotopic (exact) mass is 294 g/mol. The standard InChI is InChI=1S/C17H30N2O2/c1-6-19(13-17(3,4)20)16-8-7-15(11-14(16)2)12-18-9-10-21-5/h7-8,11,18,20H,6,9-10,12-13H2,1-5H3. The van der Waals surface area contributed by atoms with Crippen molar-refractivity contribution in [1.82, 2.24) is 5.32 Å². The quantitative estimate of drug-likeness (QED) is 0.686. The third-order valence-corrected chi connectivity index (χ3v) is 3.37. The SMILES string of the molecule is CCN(CC(C)(C)O)c1ccc(CNCCOC)cc1C. The van der Waals surface area contributed by atoms with E-state index in [1.54, 1.807) is 7.11 Å². The molecule has 1 rings (SSSR count). The van der Waals surface area contributed by atoms with Gasteiger partial charge in [-0.15, -0.1) is 0 Å². The highest BCUT2D eigenvalue weighted by atomic mass is 16.5. The van der Waals surface area contributed by atoms with Gasteiger partial charge in [-0.25, -0.2) is 0 Å². The molecular formula is C17H30N2O2. The molecule has 4 heteroatoms. The zero-order valence-corrected chi connectivity index (χ0v) is 14.1. The summed E-state index contributed by atoms with van der Waals surface area (Å²) < 4.78 is 5.02. The largest absolute Gasteiger partial charge is 0.389 e. The van der Waals surface area contributed by atoms with Crippen LogP contribution in [-0.4, -0.2) is 44.1 Å². The molecule has 0 radical (unpaired) electrons. The Labute approximate surface area is 129 Å². The van der Waals surface area contributed by atoms with Gasteiger partial charge in [0.25, 0.3) is 0 Å². The molecular weight excluding hydrogens is 264 g/mol. The lowest BCUT2D eigenvalue weighted by molar-refractivity contribution is 0.0876. The van der Waals surface area contributed by atoms with E-state index in [4.69, 9.17) is 4.74 Å². The average molecular weight is 294 g/mol. The number of benzene rings is 1. The van der Waals surface area contributed by atoms with Crippen LogP contribution < -0.4 is 10.2 Å². The molecule has 2 N–H and O–H groups in total. The number of hydrogen-bond acceptors (Lipinski definition) is 4. The van der Waals surface area contributed by atoms with Crippen molar-refractivity contribution in [1.29, 1.82) is 0 Å². The molecule has 120 valence electrons. The Morgan fingerprint density at radius 3 is 2.57 bits per heavy atom. The maximum atomic E-state index is 10.0. The minimum atomic E-state index is -0.692. The molecule has 0 aliphatic carbocycles. The van der Waals surface area contributed by atoms with Crippen molar-refractivity contribution in [3.05, 3.63) is 29.3 Å². The zero-order valence-electron chi connectivity index (χ0n) is 14.1. The number of aryl methyl sites for hydroxylation is 1. The lowest BCUT2D eigenvalue weighted by atomic mass is 10.1. The smallest absolute Gasteiger partial charge is 0.0765 e. The summed E-state index contributed by atoms with van der Waals surface area (Å²) in [7, 11) is 1.71. The van der Waals surface area contributed by atoms with Crippen LogP contribution in [0.4, 0.5) is 5.69 Å². The lowest BCUT2D eigenvalue weighted by Crippen LogP contribution is -2.39. The molecule has 0 spiro atoms. The molecule has 0 atom stereocenters. The fraction of sp³-hybridized carbons (Fsp3) is 0.647. The number of aliphatic hydroxyl groups is 1. The van der Waals surface area contributed by atoms with Gasteiger partial charge in [0.1, 0.15) is 0 Å². The van der Waals surface area contributed by atoms with Gasteiger partial charge in [0, 0.05) is 39.0 Å². The molecule has 0 saturated carbocycles. The van der Waals surface area contributed by atoms with Gasteiger partial charge in [-0.2, -0.15) is 0 Å². The Kier molecular flexibility index (Phi) is 7.15. The number of nitrogens with one attached hydrogen (secondary N) is 1. The molecule has 0 fully saturated rings. The highest BCUT2D eigenvalue weighted by Crippen LogP contribution is 2.23. The molecule has 4 nitrogen and oxygen atoms in total. The second-order valence-electron chi connectivity index (χ2n) is 6.12. The van der Waals surface area contributed by atoms with Crippen LogP contribution in [0, 0.1) is 6.92 Å². The number of nitrogens with zero attached hydrogens (tertiary/aromatic N) is 1. The van der Waals surface area contributed by atoms with E-state index in [-0.39, 0.29) is 0 Å². The van der Waals surface area contributed by atoms with Crippen molar-refractivity contribution in [2.24, 2.45) is 0 Å². The summed E-state index contributed by atoms with van der Waals surface area (Å²) in [6.07, 6.45) is 0. The zero-order chi connectivity index (χ0) is 15.9. The number of hydrogen-bond donors (Lipinski definition) is 2. The summed E-state index contributed by atoms with van der Waals surface area (Å²) in [5.41, 5.74) is 3.02. The van der Waals surface area contributed by atoms with Gasteiger partial charge in [0.2, 0.25) is 0 Å². The van der Waals surface area contributed by atoms with Gasteiger partial charge in [-0.3, -0.25) is 0 Å². The first-order chi connectivity index (χ1) is 9.87. The predicted molar refractivity (Wildman–Crippen MR) is 88.9 cm³/mol. The highest BCUT2D eigenvalue weighted by Gasteiger charge is 2.18. The predicted octanol–water partition coefficient (Wildman–Crippen LogP) is 2.33. The van der Waals surface area contributed by atoms with Crippen LogP contribution in [0.25, 0.3) is 0 Å². The maximum absolute atomic E-state index is 10.0. The molecule has 0 amide bonds. The lowest BCUT2D eigenvalue weighted by Gasteiger charge is -2.31. The molecule has 0 aliphatic heterocycles. The van der Waals surface area contributed by atoms with Gasteiger partial charge < -0.3 is 20.1 Å². The average Bonchev–Trinajstić information content (AvgIpc) is 2.40. The minimum Gasteiger partial charge on any atom is -0.389 e. The Hall–Kier alpha value is -1.10. The number of rotatable bonds is 9. The molecule has 0 bridgehead atoms. The summed E-state index contributed by atoms with van der Waals surface area (Å²) in [6.45, 7) is 11.9. The van der Waals surface area contributed by atoms with Crippen molar-refractivity contribution in [2.75, 3.05) is 38.3 Å².